The van der Waals surface area contributed by atoms with Crippen molar-refractivity contribution in [3.63, 3.8) is 0 Å². The standard InChI is InChI=1S/C21H26IN3O4.ClH/c1-3-13-11-15(22)12-17(19(13)29-10-9-26)18(21(27)28-4-2)25-16-7-5-14(6-8-16)20(23)24;/h5-8,11-12,18,25-26H,3-4,9-10H2,1-2H3,(H3,23,24);1H. The lowest BCUT2D eigenvalue weighted by molar-refractivity contribution is -0.144. The summed E-state index contributed by atoms with van der Waals surface area (Å²) in [6, 6.07) is 10.0. The van der Waals surface area contributed by atoms with E-state index in [-0.39, 0.29) is 38.1 Å². The number of amidine groups is 1. The maximum atomic E-state index is 12.8. The molecule has 164 valence electrons. The van der Waals surface area contributed by atoms with E-state index in [1.807, 2.05) is 19.1 Å². The summed E-state index contributed by atoms with van der Waals surface area (Å²) in [7, 11) is 0. The summed E-state index contributed by atoms with van der Waals surface area (Å²) in [5.74, 6) is 0.123. The highest BCUT2D eigenvalue weighted by atomic mass is 127. The number of nitrogen functional groups attached to an aromatic ring is 1. The lowest BCUT2D eigenvalue weighted by Crippen LogP contribution is -2.25. The van der Waals surface area contributed by atoms with Crippen LogP contribution in [0.2, 0.25) is 0 Å². The molecule has 2 rings (SSSR count). The summed E-state index contributed by atoms with van der Waals surface area (Å²) in [4.78, 5) is 12.8. The third-order valence-corrected chi connectivity index (χ3v) is 4.84. The monoisotopic (exact) mass is 547 g/mol. The maximum absolute atomic E-state index is 12.8. The van der Waals surface area contributed by atoms with Gasteiger partial charge in [-0.15, -0.1) is 12.4 Å². The highest BCUT2D eigenvalue weighted by Crippen LogP contribution is 2.34. The molecular weight excluding hydrogens is 521 g/mol. The van der Waals surface area contributed by atoms with E-state index < -0.39 is 12.0 Å². The van der Waals surface area contributed by atoms with Gasteiger partial charge in [-0.2, -0.15) is 0 Å². The van der Waals surface area contributed by atoms with E-state index in [0.29, 0.717) is 29.0 Å². The molecule has 1 unspecified atom stereocenters. The van der Waals surface area contributed by atoms with Crippen LogP contribution in [0.1, 0.15) is 36.6 Å². The number of halogens is 2. The normalized spacial score (nSPS) is 11.2. The maximum Gasteiger partial charge on any atom is 0.333 e. The number of ether oxygens (including phenoxy) is 2. The van der Waals surface area contributed by atoms with E-state index in [9.17, 15) is 9.90 Å². The predicted molar refractivity (Wildman–Crippen MR) is 129 cm³/mol. The second-order valence-corrected chi connectivity index (χ2v) is 7.47. The first kappa shape index (κ1) is 26.0. The Kier molecular flexibility index (Phi) is 10.9. The minimum Gasteiger partial charge on any atom is -0.491 e. The number of anilines is 1. The van der Waals surface area contributed by atoms with Gasteiger partial charge in [-0.05, 0) is 77.9 Å². The first-order chi connectivity index (χ1) is 13.9. The molecule has 1 atom stereocenters. The quantitative estimate of drug-likeness (QED) is 0.156. The van der Waals surface area contributed by atoms with E-state index >= 15 is 0 Å². The number of aryl methyl sites for hydroxylation is 1. The van der Waals surface area contributed by atoms with Gasteiger partial charge in [0.2, 0.25) is 0 Å². The Labute approximate surface area is 196 Å². The fourth-order valence-corrected chi connectivity index (χ4v) is 3.59. The van der Waals surface area contributed by atoms with Gasteiger partial charge < -0.3 is 25.6 Å². The molecule has 0 aliphatic carbocycles. The zero-order valence-corrected chi connectivity index (χ0v) is 19.9. The number of aliphatic hydroxyl groups is 1. The highest BCUT2D eigenvalue weighted by molar-refractivity contribution is 14.1. The van der Waals surface area contributed by atoms with Crippen molar-refractivity contribution in [1.29, 1.82) is 5.41 Å². The molecular formula is C21H27ClIN3O4. The second-order valence-electron chi connectivity index (χ2n) is 6.23. The molecule has 30 heavy (non-hydrogen) atoms. The molecule has 0 saturated heterocycles. The van der Waals surface area contributed by atoms with E-state index in [2.05, 4.69) is 27.9 Å². The Morgan fingerprint density at radius 1 is 1.27 bits per heavy atom. The van der Waals surface area contributed by atoms with Gasteiger partial charge in [-0.25, -0.2) is 4.79 Å². The zero-order valence-electron chi connectivity index (χ0n) is 16.9. The molecule has 0 heterocycles. The van der Waals surface area contributed by atoms with Crippen molar-refractivity contribution in [1.82, 2.24) is 0 Å². The number of carbonyl (C=O) groups is 1. The first-order valence-corrected chi connectivity index (χ1v) is 10.4. The van der Waals surface area contributed by atoms with Crippen LogP contribution >= 0.6 is 35.0 Å². The summed E-state index contributed by atoms with van der Waals surface area (Å²) in [5, 5.41) is 19.9. The average molecular weight is 548 g/mol. The number of hydrogen-bond donors (Lipinski definition) is 4. The van der Waals surface area contributed by atoms with Gasteiger partial charge in [0, 0.05) is 20.4 Å². The third-order valence-electron chi connectivity index (χ3n) is 4.22. The molecule has 0 fully saturated rings. The number of esters is 1. The number of aliphatic hydroxyl groups excluding tert-OH is 1. The Hall–Kier alpha value is -2.04. The van der Waals surface area contributed by atoms with Gasteiger partial charge >= 0.3 is 5.97 Å². The molecule has 0 amide bonds. The average Bonchev–Trinajstić information content (AvgIpc) is 2.70. The Balaban J connectivity index is 0.00000450. The van der Waals surface area contributed by atoms with E-state index in [0.717, 1.165) is 9.13 Å². The van der Waals surface area contributed by atoms with Crippen molar-refractivity contribution in [3.05, 3.63) is 56.7 Å². The van der Waals surface area contributed by atoms with Crippen molar-refractivity contribution in [2.75, 3.05) is 25.1 Å². The van der Waals surface area contributed by atoms with Gasteiger partial charge in [-0.3, -0.25) is 5.41 Å². The summed E-state index contributed by atoms with van der Waals surface area (Å²) in [6.07, 6.45) is 0.716. The molecule has 7 nitrogen and oxygen atoms in total. The molecule has 5 N–H and O–H groups in total. The molecule has 0 saturated carbocycles. The van der Waals surface area contributed by atoms with Gasteiger partial charge in [0.15, 0.2) is 6.04 Å². The van der Waals surface area contributed by atoms with Crippen LogP contribution in [0.15, 0.2) is 36.4 Å². The Morgan fingerprint density at radius 2 is 1.93 bits per heavy atom. The molecule has 0 spiro atoms. The molecule has 2 aromatic carbocycles. The van der Waals surface area contributed by atoms with Gasteiger partial charge in [0.25, 0.3) is 0 Å². The lowest BCUT2D eigenvalue weighted by Gasteiger charge is -2.23. The second kappa shape index (κ2) is 12.6. The summed E-state index contributed by atoms with van der Waals surface area (Å²) in [6.45, 7) is 4.01. The largest absolute Gasteiger partial charge is 0.491 e. The molecule has 9 heteroatoms. The zero-order chi connectivity index (χ0) is 21.4. The van der Waals surface area contributed by atoms with Crippen LogP contribution in [0.5, 0.6) is 5.75 Å². The SMILES string of the molecule is CCOC(=O)C(Nc1ccc(C(=N)N)cc1)c1cc(I)cc(CC)c1OCCO.Cl. The van der Waals surface area contributed by atoms with Gasteiger partial charge in [0.1, 0.15) is 18.2 Å². The van der Waals surface area contributed by atoms with Crippen LogP contribution in [0.25, 0.3) is 0 Å². The van der Waals surface area contributed by atoms with Gasteiger partial charge in [-0.1, -0.05) is 6.92 Å². The summed E-state index contributed by atoms with van der Waals surface area (Å²) < 4.78 is 12.1. The molecule has 0 bridgehead atoms. The van der Waals surface area contributed by atoms with Crippen LogP contribution in [0, 0.1) is 8.98 Å². The minimum atomic E-state index is -0.799. The first-order valence-electron chi connectivity index (χ1n) is 9.34. The van der Waals surface area contributed by atoms with Crippen LogP contribution in [-0.2, 0) is 16.0 Å². The van der Waals surface area contributed by atoms with Gasteiger partial charge in [0.05, 0.1) is 13.2 Å². The lowest BCUT2D eigenvalue weighted by atomic mass is 10.00. The number of rotatable bonds is 10. The van der Waals surface area contributed by atoms with Crippen LogP contribution in [-0.4, -0.2) is 36.7 Å². The topological polar surface area (TPSA) is 118 Å². The van der Waals surface area contributed by atoms with Crippen molar-refractivity contribution < 1.29 is 19.4 Å². The highest BCUT2D eigenvalue weighted by Gasteiger charge is 2.27. The summed E-state index contributed by atoms with van der Waals surface area (Å²) in [5.41, 5.74) is 8.38. The number of nitrogens with two attached hydrogens (primary N) is 1. The number of hydrogen-bond acceptors (Lipinski definition) is 6. The third kappa shape index (κ3) is 6.75. The van der Waals surface area contributed by atoms with Crippen molar-refractivity contribution >= 4 is 52.5 Å². The Morgan fingerprint density at radius 3 is 2.47 bits per heavy atom. The van der Waals surface area contributed by atoms with Crippen LogP contribution in [0.4, 0.5) is 5.69 Å². The van der Waals surface area contributed by atoms with Crippen LogP contribution < -0.4 is 15.8 Å². The minimum absolute atomic E-state index is 0. The van der Waals surface area contributed by atoms with Crippen LogP contribution in [0.3, 0.4) is 0 Å². The smallest absolute Gasteiger partial charge is 0.333 e. The molecule has 0 aliphatic heterocycles. The molecule has 0 aromatic heterocycles. The van der Waals surface area contributed by atoms with E-state index in [4.69, 9.17) is 20.6 Å². The van der Waals surface area contributed by atoms with Crippen molar-refractivity contribution in [2.24, 2.45) is 5.73 Å². The predicted octanol–water partition coefficient (Wildman–Crippen LogP) is 3.65. The van der Waals surface area contributed by atoms with E-state index in [1.54, 1.807) is 31.2 Å². The fraction of sp³-hybridized carbons (Fsp3) is 0.333. The Bertz CT molecular complexity index is 862. The molecule has 0 radical (unpaired) electrons. The fourth-order valence-electron chi connectivity index (χ4n) is 2.88. The number of nitrogens with one attached hydrogen (secondary N) is 2. The number of benzene rings is 2. The number of carbonyl (C=O) groups excluding carboxylic acids is 1. The summed E-state index contributed by atoms with van der Waals surface area (Å²) >= 11 is 2.21. The molecule has 2 aromatic rings. The van der Waals surface area contributed by atoms with E-state index in [1.165, 1.54) is 0 Å². The van der Waals surface area contributed by atoms with Crippen molar-refractivity contribution in [2.45, 2.75) is 26.3 Å². The molecule has 0 aliphatic rings. The van der Waals surface area contributed by atoms with Crippen molar-refractivity contribution in [3.8, 4) is 5.75 Å².